The summed E-state index contributed by atoms with van der Waals surface area (Å²) < 4.78 is 1.76. The zero-order valence-electron chi connectivity index (χ0n) is 12.8. The van der Waals surface area contributed by atoms with Gasteiger partial charge in [0.15, 0.2) is 11.5 Å². The number of hydrogen-bond donors (Lipinski definition) is 1. The van der Waals surface area contributed by atoms with Crippen molar-refractivity contribution in [3.8, 4) is 0 Å². The van der Waals surface area contributed by atoms with Crippen molar-refractivity contribution < 1.29 is 0 Å². The smallest absolute Gasteiger partial charge is 0.243 e. The first-order chi connectivity index (χ1) is 10.6. The van der Waals surface area contributed by atoms with Crippen LogP contribution in [0.4, 0.5) is 5.82 Å². The first-order valence-corrected chi connectivity index (χ1v) is 7.66. The maximum Gasteiger partial charge on any atom is 0.243 e. The summed E-state index contributed by atoms with van der Waals surface area (Å²) in [7, 11) is 0. The Bertz CT molecular complexity index is 782. The van der Waals surface area contributed by atoms with E-state index in [9.17, 15) is 0 Å². The Balaban J connectivity index is 2.00. The lowest BCUT2D eigenvalue weighted by atomic mass is 10.1. The van der Waals surface area contributed by atoms with E-state index in [1.807, 2.05) is 24.4 Å². The molecule has 1 aromatic carbocycles. The van der Waals surface area contributed by atoms with Crippen LogP contribution in [-0.4, -0.2) is 19.6 Å². The van der Waals surface area contributed by atoms with Crippen LogP contribution in [0.1, 0.15) is 44.0 Å². The van der Waals surface area contributed by atoms with Crippen molar-refractivity contribution >= 4 is 23.1 Å². The quantitative estimate of drug-likeness (QED) is 0.788. The number of fused-ring (bicyclic) bond motifs is 1. The molecule has 0 spiro atoms. The Morgan fingerprint density at radius 1 is 1.14 bits per heavy atom. The van der Waals surface area contributed by atoms with E-state index in [1.165, 1.54) is 5.56 Å². The summed E-state index contributed by atoms with van der Waals surface area (Å²) in [6.45, 7) is 6.27. The van der Waals surface area contributed by atoms with Gasteiger partial charge in [0.05, 0.1) is 17.9 Å². The van der Waals surface area contributed by atoms with Crippen LogP contribution in [0.15, 0.2) is 36.5 Å². The largest absolute Gasteiger partial charge is 0.360 e. The molecule has 6 heteroatoms. The van der Waals surface area contributed by atoms with Crippen molar-refractivity contribution in [1.82, 2.24) is 19.6 Å². The number of hydrogen-bond acceptors (Lipinski definition) is 4. The van der Waals surface area contributed by atoms with Crippen molar-refractivity contribution in [3.63, 3.8) is 0 Å². The number of halogens is 1. The molecule has 0 aliphatic carbocycles. The molecule has 0 amide bonds. The molecular weight excluding hydrogens is 298 g/mol. The number of rotatable bonds is 4. The number of aromatic nitrogens is 4. The van der Waals surface area contributed by atoms with Crippen molar-refractivity contribution in [2.24, 2.45) is 0 Å². The highest BCUT2D eigenvalue weighted by Gasteiger charge is 2.16. The molecule has 0 saturated heterocycles. The third-order valence-corrected chi connectivity index (χ3v) is 3.77. The number of anilines is 1. The Kier molecular flexibility index (Phi) is 3.98. The maximum absolute atomic E-state index is 6.08. The van der Waals surface area contributed by atoms with E-state index in [2.05, 4.69) is 53.3 Å². The molecule has 0 aliphatic rings. The van der Waals surface area contributed by atoms with Gasteiger partial charge in [-0.15, -0.1) is 5.10 Å². The highest BCUT2D eigenvalue weighted by molar-refractivity contribution is 6.28. The zero-order valence-corrected chi connectivity index (χ0v) is 13.5. The van der Waals surface area contributed by atoms with Crippen molar-refractivity contribution in [2.45, 2.75) is 32.7 Å². The van der Waals surface area contributed by atoms with Crippen molar-refractivity contribution in [3.05, 3.63) is 53.1 Å². The molecule has 3 rings (SSSR count). The number of imidazole rings is 1. The summed E-state index contributed by atoms with van der Waals surface area (Å²) in [6, 6.07) is 10.3. The van der Waals surface area contributed by atoms with Crippen LogP contribution in [0.2, 0.25) is 5.28 Å². The van der Waals surface area contributed by atoms with Crippen LogP contribution in [0.5, 0.6) is 0 Å². The van der Waals surface area contributed by atoms with Gasteiger partial charge in [0.25, 0.3) is 0 Å². The molecule has 0 bridgehead atoms. The molecular formula is C16H18ClN5. The van der Waals surface area contributed by atoms with Gasteiger partial charge in [0.1, 0.15) is 0 Å². The van der Waals surface area contributed by atoms with E-state index in [0.29, 0.717) is 17.4 Å². The molecule has 0 fully saturated rings. The van der Waals surface area contributed by atoms with E-state index in [1.54, 1.807) is 4.52 Å². The second-order valence-corrected chi connectivity index (χ2v) is 5.92. The van der Waals surface area contributed by atoms with E-state index in [-0.39, 0.29) is 11.3 Å². The molecule has 1 N–H and O–H groups in total. The molecule has 0 radical (unpaired) electrons. The third kappa shape index (κ3) is 2.76. The van der Waals surface area contributed by atoms with Crippen LogP contribution in [-0.2, 0) is 0 Å². The summed E-state index contributed by atoms with van der Waals surface area (Å²) in [5, 5.41) is 7.85. The fourth-order valence-corrected chi connectivity index (χ4v) is 2.55. The van der Waals surface area contributed by atoms with Crippen LogP contribution in [0, 0.1) is 0 Å². The monoisotopic (exact) mass is 315 g/mol. The summed E-state index contributed by atoms with van der Waals surface area (Å²) in [6.07, 6.45) is 1.82. The van der Waals surface area contributed by atoms with Crippen LogP contribution in [0.25, 0.3) is 5.65 Å². The fourth-order valence-electron chi connectivity index (χ4n) is 2.39. The lowest BCUT2D eigenvalue weighted by molar-refractivity contribution is 0.749. The van der Waals surface area contributed by atoms with Crippen LogP contribution >= 0.6 is 11.6 Å². The summed E-state index contributed by atoms with van der Waals surface area (Å²) in [4.78, 5) is 8.74. The normalized spacial score (nSPS) is 12.8. The van der Waals surface area contributed by atoms with Gasteiger partial charge >= 0.3 is 0 Å². The molecule has 0 aliphatic heterocycles. The van der Waals surface area contributed by atoms with Gasteiger partial charge in [0.2, 0.25) is 5.28 Å². The molecule has 0 unspecified atom stereocenters. The van der Waals surface area contributed by atoms with Gasteiger partial charge in [-0.25, -0.2) is 9.50 Å². The highest BCUT2D eigenvalue weighted by Crippen LogP contribution is 2.24. The van der Waals surface area contributed by atoms with Crippen molar-refractivity contribution in [1.29, 1.82) is 0 Å². The fraction of sp³-hybridized carbons (Fsp3) is 0.312. The minimum Gasteiger partial charge on any atom is -0.360 e. The lowest BCUT2D eigenvalue weighted by Crippen LogP contribution is -2.11. The minimum atomic E-state index is 0.0927. The average molecular weight is 316 g/mol. The summed E-state index contributed by atoms with van der Waals surface area (Å²) >= 11 is 6.08. The molecule has 0 saturated carbocycles. The first kappa shape index (κ1) is 14.8. The Morgan fingerprint density at radius 3 is 2.55 bits per heavy atom. The van der Waals surface area contributed by atoms with Crippen LogP contribution < -0.4 is 5.32 Å². The second kappa shape index (κ2) is 5.93. The third-order valence-electron chi connectivity index (χ3n) is 3.61. The molecule has 114 valence electrons. The Hall–Kier alpha value is -2.14. The Morgan fingerprint density at radius 2 is 1.86 bits per heavy atom. The predicted molar refractivity (Wildman–Crippen MR) is 88.4 cm³/mol. The maximum atomic E-state index is 6.08. The molecule has 3 aromatic rings. The number of benzene rings is 1. The van der Waals surface area contributed by atoms with E-state index >= 15 is 0 Å². The molecule has 22 heavy (non-hydrogen) atoms. The molecule has 5 nitrogen and oxygen atoms in total. The van der Waals surface area contributed by atoms with Gasteiger partial charge in [-0.3, -0.25) is 0 Å². The number of nitrogens with one attached hydrogen (secondary N) is 1. The lowest BCUT2D eigenvalue weighted by Gasteiger charge is -2.15. The van der Waals surface area contributed by atoms with Gasteiger partial charge in [-0.2, -0.15) is 4.98 Å². The highest BCUT2D eigenvalue weighted by atomic mass is 35.5. The van der Waals surface area contributed by atoms with E-state index in [0.717, 1.165) is 5.69 Å². The Labute approximate surface area is 134 Å². The molecule has 2 heterocycles. The van der Waals surface area contributed by atoms with E-state index in [4.69, 9.17) is 11.6 Å². The van der Waals surface area contributed by atoms with E-state index < -0.39 is 0 Å². The zero-order chi connectivity index (χ0) is 15.7. The standard InChI is InChI=1S/C16H18ClN5/c1-10(2)13-9-18-15-14(20-16(17)21-22(13)15)19-11(3)12-7-5-4-6-8-12/h4-11H,1-3H3,(H,19,20,21)/t11-/m0/s1. The molecule has 1 atom stereocenters. The minimum absolute atomic E-state index is 0.0927. The second-order valence-electron chi connectivity index (χ2n) is 5.58. The summed E-state index contributed by atoms with van der Waals surface area (Å²) in [5.74, 6) is 0.948. The SMILES string of the molecule is CC(C)c1cnc2c(N[C@@H](C)c3ccccc3)nc(Cl)nn12. The average Bonchev–Trinajstić information content (AvgIpc) is 2.92. The summed E-state index contributed by atoms with van der Waals surface area (Å²) in [5.41, 5.74) is 2.87. The van der Waals surface area contributed by atoms with Crippen molar-refractivity contribution in [2.75, 3.05) is 5.32 Å². The van der Waals surface area contributed by atoms with Gasteiger partial charge in [0, 0.05) is 0 Å². The van der Waals surface area contributed by atoms with Gasteiger partial charge < -0.3 is 5.32 Å². The van der Waals surface area contributed by atoms with Gasteiger partial charge in [-0.1, -0.05) is 44.2 Å². The van der Waals surface area contributed by atoms with Crippen LogP contribution in [0.3, 0.4) is 0 Å². The van der Waals surface area contributed by atoms with Gasteiger partial charge in [-0.05, 0) is 30.0 Å². The first-order valence-electron chi connectivity index (χ1n) is 7.29. The predicted octanol–water partition coefficient (Wildman–Crippen LogP) is 4.07. The molecule has 2 aromatic heterocycles. The number of nitrogens with zero attached hydrogens (tertiary/aromatic N) is 4. The topological polar surface area (TPSA) is 55.1 Å².